The molecule has 3 rings (SSSR count). The Morgan fingerprint density at radius 1 is 1.15 bits per heavy atom. The monoisotopic (exact) mass is 402 g/mol. The van der Waals surface area contributed by atoms with Gasteiger partial charge in [-0.15, -0.1) is 0 Å². The molecule has 0 saturated carbocycles. The number of hydrogen-bond donors (Lipinski definition) is 3. The van der Waals surface area contributed by atoms with Crippen LogP contribution in [0.2, 0.25) is 5.02 Å². The highest BCUT2D eigenvalue weighted by Crippen LogP contribution is 2.36. The van der Waals surface area contributed by atoms with Crippen LogP contribution >= 0.6 is 23.4 Å². The Kier molecular flexibility index (Phi) is 6.20. The van der Waals surface area contributed by atoms with E-state index in [1.165, 1.54) is 11.8 Å². The predicted molar refractivity (Wildman–Crippen MR) is 110 cm³/mol. The van der Waals surface area contributed by atoms with E-state index in [2.05, 4.69) is 25.6 Å². The number of nitrogens with zero attached hydrogens (tertiary/aromatic N) is 3. The van der Waals surface area contributed by atoms with E-state index in [1.807, 2.05) is 30.3 Å². The topological polar surface area (TPSA) is 98.0 Å². The summed E-state index contributed by atoms with van der Waals surface area (Å²) in [5, 5.41) is 7.31. The summed E-state index contributed by atoms with van der Waals surface area (Å²) in [5.74, 6) is 2.30. The van der Waals surface area contributed by atoms with Gasteiger partial charge in [0.15, 0.2) is 11.6 Å². The molecule has 7 nitrogen and oxygen atoms in total. The highest BCUT2D eigenvalue weighted by atomic mass is 35.5. The number of nitrogens with one attached hydrogen (secondary N) is 2. The summed E-state index contributed by atoms with van der Waals surface area (Å²) in [6, 6.07) is 9.63. The van der Waals surface area contributed by atoms with Crippen molar-refractivity contribution in [3.63, 3.8) is 0 Å². The van der Waals surface area contributed by atoms with Crippen LogP contribution in [0, 0.1) is 0 Å². The second-order valence-electron chi connectivity index (χ2n) is 5.47. The van der Waals surface area contributed by atoms with Crippen molar-refractivity contribution in [1.82, 2.24) is 15.0 Å². The molecular weight excluding hydrogens is 384 g/mol. The van der Waals surface area contributed by atoms with Crippen molar-refractivity contribution < 1.29 is 4.74 Å². The van der Waals surface area contributed by atoms with Crippen molar-refractivity contribution in [1.29, 1.82) is 0 Å². The van der Waals surface area contributed by atoms with Gasteiger partial charge in [-0.3, -0.25) is 0 Å². The number of ether oxygens (including phenoxy) is 1. The van der Waals surface area contributed by atoms with Gasteiger partial charge < -0.3 is 21.1 Å². The number of halogens is 1. The zero-order valence-corrected chi connectivity index (χ0v) is 16.4. The summed E-state index contributed by atoms with van der Waals surface area (Å²) in [4.78, 5) is 13.7. The number of aromatic nitrogens is 3. The molecule has 9 heteroatoms. The third kappa shape index (κ3) is 4.72. The fourth-order valence-electron chi connectivity index (χ4n) is 2.30. The number of hydrogen-bond acceptors (Lipinski definition) is 8. The van der Waals surface area contributed by atoms with Crippen molar-refractivity contribution >= 4 is 40.8 Å². The first kappa shape index (κ1) is 19.1. The highest BCUT2D eigenvalue weighted by Gasteiger charge is 2.11. The first-order valence-corrected chi connectivity index (χ1v) is 9.29. The van der Waals surface area contributed by atoms with Crippen LogP contribution in [-0.2, 0) is 6.54 Å². The molecule has 0 unspecified atom stereocenters. The summed E-state index contributed by atoms with van der Waals surface area (Å²) >= 11 is 7.89. The maximum atomic E-state index is 6.51. The van der Waals surface area contributed by atoms with E-state index in [0.717, 1.165) is 16.2 Å². The average molecular weight is 403 g/mol. The van der Waals surface area contributed by atoms with E-state index in [9.17, 15) is 0 Å². The van der Waals surface area contributed by atoms with Gasteiger partial charge in [0.1, 0.15) is 16.6 Å². The largest absolute Gasteiger partial charge is 0.497 e. The molecule has 2 aromatic heterocycles. The maximum absolute atomic E-state index is 6.51. The lowest BCUT2D eigenvalue weighted by Crippen LogP contribution is -2.03. The molecule has 1 aromatic carbocycles. The first-order chi connectivity index (χ1) is 13.1. The molecule has 0 fully saturated rings. The van der Waals surface area contributed by atoms with Crippen LogP contribution < -0.4 is 21.1 Å². The van der Waals surface area contributed by atoms with Crippen LogP contribution in [0.4, 0.5) is 17.5 Å². The van der Waals surface area contributed by atoms with Crippen molar-refractivity contribution in [3.8, 4) is 5.75 Å². The SMILES string of the molecule is CNc1ncc(Sc2ccnc(NCc3ccc(OC)cc3)c2Cl)nc1N. The molecule has 0 atom stereocenters. The minimum Gasteiger partial charge on any atom is -0.497 e. The summed E-state index contributed by atoms with van der Waals surface area (Å²) in [5.41, 5.74) is 6.96. The lowest BCUT2D eigenvalue weighted by atomic mass is 10.2. The van der Waals surface area contributed by atoms with Crippen LogP contribution in [0.3, 0.4) is 0 Å². The lowest BCUT2D eigenvalue weighted by molar-refractivity contribution is 0.414. The number of nitrogens with two attached hydrogens (primary N) is 1. The Morgan fingerprint density at radius 2 is 1.93 bits per heavy atom. The number of pyridine rings is 1. The normalized spacial score (nSPS) is 10.5. The van der Waals surface area contributed by atoms with Crippen LogP contribution in [0.5, 0.6) is 5.75 Å². The van der Waals surface area contributed by atoms with E-state index in [4.69, 9.17) is 22.1 Å². The Balaban J connectivity index is 1.72. The molecule has 0 aliphatic heterocycles. The van der Waals surface area contributed by atoms with Gasteiger partial charge in [0.25, 0.3) is 0 Å². The third-order valence-electron chi connectivity index (χ3n) is 3.70. The minimum absolute atomic E-state index is 0.338. The van der Waals surface area contributed by atoms with Gasteiger partial charge in [-0.2, -0.15) is 0 Å². The van der Waals surface area contributed by atoms with Crippen LogP contribution in [0.15, 0.2) is 52.6 Å². The second kappa shape index (κ2) is 8.79. The second-order valence-corrected chi connectivity index (χ2v) is 6.91. The Bertz CT molecular complexity index is 922. The van der Waals surface area contributed by atoms with E-state index < -0.39 is 0 Å². The number of methoxy groups -OCH3 is 1. The van der Waals surface area contributed by atoms with Crippen LogP contribution in [0.25, 0.3) is 0 Å². The average Bonchev–Trinajstić information content (AvgIpc) is 2.69. The molecule has 2 heterocycles. The number of anilines is 3. The van der Waals surface area contributed by atoms with Crippen molar-refractivity contribution in [3.05, 3.63) is 53.3 Å². The van der Waals surface area contributed by atoms with Gasteiger partial charge in [-0.1, -0.05) is 35.5 Å². The number of rotatable bonds is 7. The fourth-order valence-corrected chi connectivity index (χ4v) is 3.38. The van der Waals surface area contributed by atoms with Crippen molar-refractivity contribution in [2.45, 2.75) is 16.5 Å². The minimum atomic E-state index is 0.338. The quantitative estimate of drug-likeness (QED) is 0.547. The molecule has 4 N–H and O–H groups in total. The Hall–Kier alpha value is -2.71. The van der Waals surface area contributed by atoms with Gasteiger partial charge in [0, 0.05) is 24.7 Å². The molecule has 0 aliphatic carbocycles. The first-order valence-electron chi connectivity index (χ1n) is 8.10. The fraction of sp³-hybridized carbons (Fsp3) is 0.167. The highest BCUT2D eigenvalue weighted by molar-refractivity contribution is 7.99. The smallest absolute Gasteiger partial charge is 0.168 e. The van der Waals surface area contributed by atoms with Gasteiger partial charge in [0.2, 0.25) is 0 Å². The standard InChI is InChI=1S/C18H19ClN6OS/c1-21-18-16(20)25-14(10-24-18)27-13-7-8-22-17(15(13)19)23-9-11-3-5-12(26-2)6-4-11/h3-8,10H,9H2,1-2H3,(H2,20,25)(H,21,24)(H,22,23). The molecule has 0 saturated heterocycles. The summed E-state index contributed by atoms with van der Waals surface area (Å²) in [7, 11) is 3.39. The number of nitrogen functional groups attached to an aromatic ring is 1. The van der Waals surface area contributed by atoms with Gasteiger partial charge in [-0.05, 0) is 23.8 Å². The molecule has 0 bridgehead atoms. The van der Waals surface area contributed by atoms with Crippen molar-refractivity contribution in [2.75, 3.05) is 30.5 Å². The van der Waals surface area contributed by atoms with Gasteiger partial charge in [-0.25, -0.2) is 15.0 Å². The van der Waals surface area contributed by atoms with E-state index >= 15 is 0 Å². The molecule has 3 aromatic rings. The van der Waals surface area contributed by atoms with Crippen LogP contribution in [0.1, 0.15) is 5.56 Å². The molecule has 27 heavy (non-hydrogen) atoms. The third-order valence-corrected chi connectivity index (χ3v) is 5.16. The molecule has 0 aliphatic rings. The summed E-state index contributed by atoms with van der Waals surface area (Å²) in [6.07, 6.45) is 3.34. The molecule has 0 amide bonds. The Morgan fingerprint density at radius 3 is 2.59 bits per heavy atom. The zero-order valence-electron chi connectivity index (χ0n) is 14.9. The molecule has 0 radical (unpaired) electrons. The maximum Gasteiger partial charge on any atom is 0.168 e. The lowest BCUT2D eigenvalue weighted by Gasteiger charge is -2.11. The van der Waals surface area contributed by atoms with E-state index in [-0.39, 0.29) is 0 Å². The predicted octanol–water partition coefficient (Wildman–Crippen LogP) is 3.92. The van der Waals surface area contributed by atoms with Gasteiger partial charge >= 0.3 is 0 Å². The Labute approximate surface area is 166 Å². The van der Waals surface area contributed by atoms with E-state index in [0.29, 0.717) is 34.0 Å². The zero-order chi connectivity index (χ0) is 19.2. The summed E-state index contributed by atoms with van der Waals surface area (Å²) < 4.78 is 5.17. The van der Waals surface area contributed by atoms with E-state index in [1.54, 1.807) is 26.6 Å². The number of benzene rings is 1. The van der Waals surface area contributed by atoms with Crippen LogP contribution in [-0.4, -0.2) is 29.1 Å². The van der Waals surface area contributed by atoms with Gasteiger partial charge in [0.05, 0.1) is 18.3 Å². The molecular formula is C18H19ClN6OS. The molecule has 140 valence electrons. The summed E-state index contributed by atoms with van der Waals surface area (Å²) in [6.45, 7) is 0.592. The molecule has 0 spiro atoms. The van der Waals surface area contributed by atoms with Crippen molar-refractivity contribution in [2.24, 2.45) is 0 Å².